The van der Waals surface area contributed by atoms with Gasteiger partial charge in [-0.2, -0.15) is 4.98 Å². The van der Waals surface area contributed by atoms with Gasteiger partial charge in [-0.3, -0.25) is 13.9 Å². The number of hydrogen-bond acceptors (Lipinski definition) is 8. The number of anilines is 1. The summed E-state index contributed by atoms with van der Waals surface area (Å²) >= 11 is 0. The fraction of sp³-hybridized carbons (Fsp3) is 0.333. The fourth-order valence-electron chi connectivity index (χ4n) is 3.98. The topological polar surface area (TPSA) is 123 Å². The summed E-state index contributed by atoms with van der Waals surface area (Å²) in [6, 6.07) is 8.57. The smallest absolute Gasteiger partial charge is 0.329 e. The monoisotopic (exact) mass is 481 g/mol. The molecule has 0 atom stereocenters. The summed E-state index contributed by atoms with van der Waals surface area (Å²) in [6.07, 6.45) is 0. The van der Waals surface area contributed by atoms with E-state index in [1.54, 1.807) is 29.7 Å². The summed E-state index contributed by atoms with van der Waals surface area (Å²) in [4.78, 5) is 30.6. The predicted molar refractivity (Wildman–Crippen MR) is 129 cm³/mol. The van der Waals surface area contributed by atoms with Crippen molar-refractivity contribution in [1.29, 1.82) is 0 Å². The first kappa shape index (κ1) is 23.9. The summed E-state index contributed by atoms with van der Waals surface area (Å²) in [5.74, 6) is 1.65. The Morgan fingerprint density at radius 2 is 1.74 bits per heavy atom. The van der Waals surface area contributed by atoms with E-state index in [0.717, 1.165) is 0 Å². The first-order valence-electron chi connectivity index (χ1n) is 10.9. The number of carbonyl (C=O) groups excluding carboxylic acids is 1. The lowest BCUT2D eigenvalue weighted by Gasteiger charge is -2.14. The Kier molecular flexibility index (Phi) is 6.50. The predicted octanol–water partition coefficient (Wildman–Crippen LogP) is 3.41. The average molecular weight is 482 g/mol. The Hall–Kier alpha value is -4.28. The van der Waals surface area contributed by atoms with Crippen LogP contribution < -0.4 is 25.2 Å². The molecule has 35 heavy (non-hydrogen) atoms. The molecule has 0 spiro atoms. The largest absolute Gasteiger partial charge is 0.493 e. The second kappa shape index (κ2) is 9.53. The number of hydrogen-bond donors (Lipinski definition) is 1. The molecule has 0 bridgehead atoms. The number of fused-ring (bicyclic) bond motifs is 1. The van der Waals surface area contributed by atoms with Gasteiger partial charge in [-0.05, 0) is 32.0 Å². The Labute approximate surface area is 201 Å². The molecule has 0 saturated heterocycles. The molecule has 4 rings (SSSR count). The number of rotatable bonds is 8. The maximum atomic E-state index is 13.3. The van der Waals surface area contributed by atoms with Gasteiger partial charge < -0.3 is 24.1 Å². The van der Waals surface area contributed by atoms with Crippen LogP contribution in [0.15, 0.2) is 39.6 Å². The molecule has 11 nitrogen and oxygen atoms in total. The van der Waals surface area contributed by atoms with Crippen LogP contribution in [0.1, 0.15) is 25.8 Å². The van der Waals surface area contributed by atoms with E-state index in [0.29, 0.717) is 51.2 Å². The van der Waals surface area contributed by atoms with Crippen molar-refractivity contribution in [3.63, 3.8) is 0 Å². The van der Waals surface area contributed by atoms with Gasteiger partial charge >= 0.3 is 5.69 Å². The number of methoxy groups -OCH3 is 3. The summed E-state index contributed by atoms with van der Waals surface area (Å²) < 4.78 is 24.2. The average Bonchev–Trinajstić information content (AvgIpc) is 3.38. The molecule has 0 unspecified atom stereocenters. The highest BCUT2D eigenvalue weighted by Crippen LogP contribution is 2.40. The van der Waals surface area contributed by atoms with Gasteiger partial charge in [0, 0.05) is 36.3 Å². The minimum atomic E-state index is -0.398. The molecule has 0 aliphatic rings. The van der Waals surface area contributed by atoms with Crippen molar-refractivity contribution < 1.29 is 23.5 Å². The fourth-order valence-corrected chi connectivity index (χ4v) is 3.98. The third-order valence-electron chi connectivity index (χ3n) is 5.52. The van der Waals surface area contributed by atoms with Gasteiger partial charge in [0.2, 0.25) is 23.4 Å². The van der Waals surface area contributed by atoms with E-state index < -0.39 is 5.91 Å². The van der Waals surface area contributed by atoms with Gasteiger partial charge in [0.1, 0.15) is 6.54 Å². The maximum absolute atomic E-state index is 13.3. The van der Waals surface area contributed by atoms with Gasteiger partial charge in [0.15, 0.2) is 11.5 Å². The van der Waals surface area contributed by atoms with Crippen molar-refractivity contribution in [2.45, 2.75) is 33.4 Å². The van der Waals surface area contributed by atoms with Crippen molar-refractivity contribution in [2.24, 2.45) is 0 Å². The molecule has 0 aliphatic heterocycles. The van der Waals surface area contributed by atoms with E-state index >= 15 is 0 Å². The highest BCUT2D eigenvalue weighted by molar-refractivity contribution is 5.92. The van der Waals surface area contributed by atoms with Gasteiger partial charge in [0.05, 0.1) is 32.4 Å². The second-order valence-corrected chi connectivity index (χ2v) is 8.14. The van der Waals surface area contributed by atoms with Crippen molar-refractivity contribution in [3.8, 4) is 28.6 Å². The normalized spacial score (nSPS) is 11.2. The van der Waals surface area contributed by atoms with E-state index in [1.807, 2.05) is 26.0 Å². The van der Waals surface area contributed by atoms with Crippen LogP contribution in [0.5, 0.6) is 17.2 Å². The third kappa shape index (κ3) is 4.44. The second-order valence-electron chi connectivity index (χ2n) is 8.14. The number of imidazole rings is 1. The number of nitrogens with one attached hydrogen (secondary N) is 1. The number of carbonyl (C=O) groups is 1. The number of nitrogens with zero attached hydrogens (tertiary/aromatic N) is 4. The lowest BCUT2D eigenvalue weighted by atomic mass is 10.2. The van der Waals surface area contributed by atoms with Crippen LogP contribution in [0.4, 0.5) is 5.69 Å². The lowest BCUT2D eigenvalue weighted by Crippen LogP contribution is -2.30. The Balaban J connectivity index is 1.72. The molecule has 2 aromatic heterocycles. The SMILES string of the molecule is COc1cc(NC(=O)Cn2c(=O)n(C(C)C)c3ccc(-c4noc(C)n4)cc32)cc(OC)c1OC. The lowest BCUT2D eigenvalue weighted by molar-refractivity contribution is -0.116. The first-order valence-corrected chi connectivity index (χ1v) is 10.9. The van der Waals surface area contributed by atoms with Crippen molar-refractivity contribution in [3.05, 3.63) is 46.7 Å². The van der Waals surface area contributed by atoms with E-state index in [4.69, 9.17) is 18.7 Å². The minimum Gasteiger partial charge on any atom is -0.493 e. The standard InChI is InChI=1S/C24H27N5O6/c1-13(2)29-17-8-7-15(23-25-14(3)35-27-23)9-18(17)28(24(29)31)12-21(30)26-16-10-19(32-4)22(34-6)20(11-16)33-5/h7-11,13H,12H2,1-6H3,(H,26,30). The summed E-state index contributed by atoms with van der Waals surface area (Å²) in [7, 11) is 4.48. The number of ether oxygens (including phenoxy) is 3. The number of aromatic nitrogens is 4. The quantitative estimate of drug-likeness (QED) is 0.406. The van der Waals surface area contributed by atoms with E-state index in [9.17, 15) is 9.59 Å². The van der Waals surface area contributed by atoms with E-state index in [2.05, 4.69) is 15.5 Å². The molecular weight excluding hydrogens is 454 g/mol. The zero-order valence-electron chi connectivity index (χ0n) is 20.4. The molecule has 4 aromatic rings. The molecule has 2 aromatic carbocycles. The summed E-state index contributed by atoms with van der Waals surface area (Å²) in [5.41, 5.74) is 2.11. The van der Waals surface area contributed by atoms with Crippen LogP contribution in [0.3, 0.4) is 0 Å². The van der Waals surface area contributed by atoms with Crippen LogP contribution in [-0.2, 0) is 11.3 Å². The molecule has 1 amide bonds. The van der Waals surface area contributed by atoms with Crippen LogP contribution >= 0.6 is 0 Å². The molecule has 0 aliphatic carbocycles. The van der Waals surface area contributed by atoms with E-state index in [1.165, 1.54) is 25.9 Å². The highest BCUT2D eigenvalue weighted by atomic mass is 16.5. The van der Waals surface area contributed by atoms with Crippen LogP contribution in [0, 0.1) is 6.92 Å². The molecule has 0 fully saturated rings. The van der Waals surface area contributed by atoms with Crippen LogP contribution in [0.25, 0.3) is 22.4 Å². The first-order chi connectivity index (χ1) is 16.8. The van der Waals surface area contributed by atoms with E-state index in [-0.39, 0.29) is 18.3 Å². The third-order valence-corrected chi connectivity index (χ3v) is 5.52. The number of benzene rings is 2. The minimum absolute atomic E-state index is 0.109. The van der Waals surface area contributed by atoms with Gasteiger partial charge in [-0.15, -0.1) is 0 Å². The van der Waals surface area contributed by atoms with Gasteiger partial charge in [0.25, 0.3) is 0 Å². The number of amides is 1. The Bertz CT molecular complexity index is 1420. The molecule has 1 N–H and O–H groups in total. The molecule has 11 heteroatoms. The van der Waals surface area contributed by atoms with Crippen molar-refractivity contribution in [2.75, 3.05) is 26.6 Å². The zero-order chi connectivity index (χ0) is 25.3. The summed E-state index contributed by atoms with van der Waals surface area (Å²) in [5, 5.41) is 6.76. The zero-order valence-corrected chi connectivity index (χ0v) is 20.4. The molecule has 2 heterocycles. The molecule has 0 radical (unpaired) electrons. The van der Waals surface area contributed by atoms with Crippen molar-refractivity contribution in [1.82, 2.24) is 19.3 Å². The van der Waals surface area contributed by atoms with Gasteiger partial charge in [-0.1, -0.05) is 5.16 Å². The molecule has 0 saturated carbocycles. The van der Waals surface area contributed by atoms with Crippen LogP contribution in [-0.4, -0.2) is 46.5 Å². The summed E-state index contributed by atoms with van der Waals surface area (Å²) in [6.45, 7) is 5.32. The van der Waals surface area contributed by atoms with Gasteiger partial charge in [-0.25, -0.2) is 4.79 Å². The van der Waals surface area contributed by atoms with Crippen LogP contribution in [0.2, 0.25) is 0 Å². The molecule has 184 valence electrons. The Morgan fingerprint density at radius 1 is 1.06 bits per heavy atom. The van der Waals surface area contributed by atoms with Crippen molar-refractivity contribution >= 4 is 22.6 Å². The Morgan fingerprint density at radius 3 is 2.29 bits per heavy atom. The highest BCUT2D eigenvalue weighted by Gasteiger charge is 2.20. The number of aryl methyl sites for hydroxylation is 1. The maximum Gasteiger partial charge on any atom is 0.329 e. The molecular formula is C24H27N5O6.